The fraction of sp³-hybridized carbons (Fsp3) is 0.350. The number of nitrogens with one attached hydrogen (secondary N) is 1. The maximum atomic E-state index is 12.8. The summed E-state index contributed by atoms with van der Waals surface area (Å²) in [4.78, 5) is 14.5. The van der Waals surface area contributed by atoms with Gasteiger partial charge in [-0.3, -0.25) is 0 Å². The van der Waals surface area contributed by atoms with E-state index in [1.165, 1.54) is 6.92 Å². The lowest BCUT2D eigenvalue weighted by atomic mass is 10.1. The zero-order valence-electron chi connectivity index (χ0n) is 16.2. The summed E-state index contributed by atoms with van der Waals surface area (Å²) in [5, 5.41) is 3.46. The number of rotatable bonds is 8. The van der Waals surface area contributed by atoms with Crippen LogP contribution in [0.2, 0.25) is 5.02 Å². The van der Waals surface area contributed by atoms with Crippen molar-refractivity contribution < 1.29 is 17.4 Å². The molecule has 6 nitrogen and oxygen atoms in total. The van der Waals surface area contributed by atoms with E-state index < -0.39 is 10.1 Å². The Bertz CT molecular complexity index is 901. The molecule has 0 radical (unpaired) electrons. The van der Waals surface area contributed by atoms with E-state index in [1.54, 1.807) is 47.4 Å². The predicted octanol–water partition coefficient (Wildman–Crippen LogP) is 4.90. The molecule has 28 heavy (non-hydrogen) atoms. The van der Waals surface area contributed by atoms with Crippen molar-refractivity contribution >= 4 is 33.4 Å². The molecule has 2 amide bonds. The number of nitrogens with zero attached hydrogens (tertiary/aromatic N) is 1. The molecule has 2 aromatic rings. The summed E-state index contributed by atoms with van der Waals surface area (Å²) >= 11 is 5.88. The number of hydrogen-bond acceptors (Lipinski definition) is 4. The Morgan fingerprint density at radius 3 is 2.46 bits per heavy atom. The van der Waals surface area contributed by atoms with Crippen LogP contribution in [0.4, 0.5) is 10.5 Å². The molecule has 0 heterocycles. The van der Waals surface area contributed by atoms with Crippen LogP contribution in [0.25, 0.3) is 0 Å². The first-order valence-corrected chi connectivity index (χ1v) is 11.0. The molecule has 2 rings (SSSR count). The van der Waals surface area contributed by atoms with Crippen LogP contribution in [0.15, 0.2) is 48.5 Å². The number of hydrogen-bond donors (Lipinski definition) is 1. The number of halogens is 1. The van der Waals surface area contributed by atoms with Crippen molar-refractivity contribution in [2.24, 2.45) is 0 Å². The molecule has 1 atom stereocenters. The standard InChI is InChI=1S/C20H25ClN2O4S/c1-4-15(3)23(20(24)22-18-11-9-17(21)10-12-18)14-16-7-6-8-19(13-16)27-28(25,26)5-2/h6-13,15H,4-5,14H2,1-3H3,(H,22,24). The van der Waals surface area contributed by atoms with Crippen molar-refractivity contribution in [3.8, 4) is 5.75 Å². The van der Waals surface area contributed by atoms with Crippen molar-refractivity contribution in [1.29, 1.82) is 0 Å². The molecule has 1 N–H and O–H groups in total. The highest BCUT2D eigenvalue weighted by atomic mass is 35.5. The zero-order chi connectivity index (χ0) is 20.7. The second-order valence-corrected chi connectivity index (χ2v) is 8.70. The van der Waals surface area contributed by atoms with Gasteiger partial charge in [0.1, 0.15) is 5.75 Å². The van der Waals surface area contributed by atoms with Crippen molar-refractivity contribution in [3.63, 3.8) is 0 Å². The van der Waals surface area contributed by atoms with E-state index in [-0.39, 0.29) is 23.6 Å². The van der Waals surface area contributed by atoms with Crippen molar-refractivity contribution in [2.45, 2.75) is 39.8 Å². The molecule has 1 unspecified atom stereocenters. The highest BCUT2D eigenvalue weighted by molar-refractivity contribution is 7.87. The molecule has 152 valence electrons. The van der Waals surface area contributed by atoms with E-state index in [0.717, 1.165) is 12.0 Å². The lowest BCUT2D eigenvalue weighted by Crippen LogP contribution is -2.40. The third-order valence-electron chi connectivity index (χ3n) is 4.31. The molecule has 0 saturated heterocycles. The van der Waals surface area contributed by atoms with Gasteiger partial charge >= 0.3 is 16.1 Å². The number of carbonyl (C=O) groups excluding carboxylic acids is 1. The molecule has 0 aliphatic rings. The van der Waals surface area contributed by atoms with Gasteiger partial charge in [-0.15, -0.1) is 0 Å². The number of amides is 2. The van der Waals surface area contributed by atoms with E-state index in [2.05, 4.69) is 5.32 Å². The molecule has 2 aromatic carbocycles. The van der Waals surface area contributed by atoms with Gasteiger partial charge in [0.15, 0.2) is 0 Å². The van der Waals surface area contributed by atoms with Crippen LogP contribution < -0.4 is 9.50 Å². The largest absolute Gasteiger partial charge is 0.382 e. The fourth-order valence-corrected chi connectivity index (χ4v) is 3.12. The highest BCUT2D eigenvalue weighted by Gasteiger charge is 2.20. The molecule has 0 bridgehead atoms. The lowest BCUT2D eigenvalue weighted by Gasteiger charge is -2.29. The van der Waals surface area contributed by atoms with Crippen LogP contribution in [-0.2, 0) is 16.7 Å². The average Bonchev–Trinajstić information content (AvgIpc) is 2.67. The van der Waals surface area contributed by atoms with Crippen molar-refractivity contribution in [2.75, 3.05) is 11.1 Å². The Hall–Kier alpha value is -2.25. The summed E-state index contributed by atoms with van der Waals surface area (Å²) in [6.07, 6.45) is 0.772. The Morgan fingerprint density at radius 2 is 1.86 bits per heavy atom. The van der Waals surface area contributed by atoms with Gasteiger partial charge in [0, 0.05) is 23.3 Å². The third kappa shape index (κ3) is 6.42. The maximum absolute atomic E-state index is 12.8. The second kappa shape index (κ2) is 9.80. The van der Waals surface area contributed by atoms with E-state index in [4.69, 9.17) is 15.8 Å². The summed E-state index contributed by atoms with van der Waals surface area (Å²) in [6, 6.07) is 13.4. The topological polar surface area (TPSA) is 75.7 Å². The van der Waals surface area contributed by atoms with Gasteiger partial charge in [0.2, 0.25) is 0 Å². The van der Waals surface area contributed by atoms with Crippen LogP contribution in [-0.4, -0.2) is 31.1 Å². The first-order valence-electron chi connectivity index (χ1n) is 9.08. The number of benzene rings is 2. The maximum Gasteiger partial charge on any atom is 0.322 e. The van der Waals surface area contributed by atoms with E-state index in [0.29, 0.717) is 17.3 Å². The van der Waals surface area contributed by atoms with Crippen LogP contribution >= 0.6 is 11.6 Å². The quantitative estimate of drug-likeness (QED) is 0.611. The zero-order valence-corrected chi connectivity index (χ0v) is 17.8. The van der Waals surface area contributed by atoms with Gasteiger partial charge < -0.3 is 14.4 Å². The summed E-state index contributed by atoms with van der Waals surface area (Å²) < 4.78 is 28.4. The molecule has 0 saturated carbocycles. The average molecular weight is 425 g/mol. The molecule has 0 spiro atoms. The van der Waals surface area contributed by atoms with Crippen LogP contribution in [0.1, 0.15) is 32.8 Å². The van der Waals surface area contributed by atoms with Gasteiger partial charge in [0.25, 0.3) is 0 Å². The first kappa shape index (κ1) is 22.0. The van der Waals surface area contributed by atoms with Crippen LogP contribution in [0.5, 0.6) is 5.75 Å². The molecular formula is C20H25ClN2O4S. The minimum absolute atomic E-state index is 0.0174. The monoisotopic (exact) mass is 424 g/mol. The van der Waals surface area contributed by atoms with Crippen LogP contribution in [0, 0.1) is 0 Å². The first-order chi connectivity index (χ1) is 13.2. The van der Waals surface area contributed by atoms with Crippen molar-refractivity contribution in [3.05, 3.63) is 59.1 Å². The second-order valence-electron chi connectivity index (χ2n) is 6.40. The van der Waals surface area contributed by atoms with Gasteiger partial charge in [0.05, 0.1) is 5.75 Å². The highest BCUT2D eigenvalue weighted by Crippen LogP contribution is 2.20. The summed E-state index contributed by atoms with van der Waals surface area (Å²) in [7, 11) is -3.60. The smallest absolute Gasteiger partial charge is 0.322 e. The molecule has 0 aliphatic carbocycles. The summed E-state index contributed by atoms with van der Waals surface area (Å²) in [5.41, 5.74) is 1.42. The third-order valence-corrected chi connectivity index (χ3v) is 5.71. The Morgan fingerprint density at radius 1 is 1.18 bits per heavy atom. The normalized spacial score (nSPS) is 12.3. The SMILES string of the molecule is CCC(C)N(Cc1cccc(OS(=O)(=O)CC)c1)C(=O)Nc1ccc(Cl)cc1. The van der Waals surface area contributed by atoms with E-state index in [9.17, 15) is 13.2 Å². The lowest BCUT2D eigenvalue weighted by molar-refractivity contribution is 0.187. The number of urea groups is 1. The van der Waals surface area contributed by atoms with Gasteiger partial charge in [-0.25, -0.2) is 4.79 Å². The minimum atomic E-state index is -3.60. The summed E-state index contributed by atoms with van der Waals surface area (Å²) in [5.74, 6) is 0.126. The van der Waals surface area contributed by atoms with Gasteiger partial charge in [-0.2, -0.15) is 8.42 Å². The Balaban J connectivity index is 2.17. The van der Waals surface area contributed by atoms with Crippen molar-refractivity contribution in [1.82, 2.24) is 4.90 Å². The summed E-state index contributed by atoms with van der Waals surface area (Å²) in [6.45, 7) is 5.80. The van der Waals surface area contributed by atoms with Gasteiger partial charge in [-0.1, -0.05) is 30.7 Å². The molecule has 0 fully saturated rings. The van der Waals surface area contributed by atoms with E-state index in [1.807, 2.05) is 19.9 Å². The number of carbonyl (C=O) groups is 1. The minimum Gasteiger partial charge on any atom is -0.382 e. The van der Waals surface area contributed by atoms with Gasteiger partial charge in [-0.05, 0) is 62.2 Å². The predicted molar refractivity (Wildman–Crippen MR) is 112 cm³/mol. The fourth-order valence-electron chi connectivity index (χ4n) is 2.47. The van der Waals surface area contributed by atoms with Crippen LogP contribution in [0.3, 0.4) is 0 Å². The Kier molecular flexibility index (Phi) is 7.71. The molecule has 8 heteroatoms. The molecule has 0 aliphatic heterocycles. The molecule has 0 aromatic heterocycles. The van der Waals surface area contributed by atoms with E-state index >= 15 is 0 Å². The Labute approximate surface area is 171 Å². The molecular weight excluding hydrogens is 400 g/mol. The number of anilines is 1.